The van der Waals surface area contributed by atoms with Gasteiger partial charge < -0.3 is 10.1 Å². The highest BCUT2D eigenvalue weighted by Gasteiger charge is 2.19. The topological polar surface area (TPSA) is 64.1 Å². The minimum atomic E-state index is -0.333. The SMILES string of the molecule is COc1ccc(-c2nnsc2C(=O)Nc2ccc(Cl)cc2Cl)cc1. The Morgan fingerprint density at radius 3 is 2.58 bits per heavy atom. The Kier molecular flexibility index (Phi) is 4.99. The molecule has 0 bridgehead atoms. The van der Waals surface area contributed by atoms with Crippen molar-refractivity contribution in [2.24, 2.45) is 0 Å². The molecule has 24 heavy (non-hydrogen) atoms. The lowest BCUT2D eigenvalue weighted by Gasteiger charge is -2.07. The van der Waals surface area contributed by atoms with Gasteiger partial charge in [0.05, 0.1) is 17.8 Å². The number of aromatic nitrogens is 2. The van der Waals surface area contributed by atoms with Crippen molar-refractivity contribution in [3.63, 3.8) is 0 Å². The molecule has 0 spiro atoms. The standard InChI is InChI=1S/C16H11Cl2N3O2S/c1-23-11-5-2-9(3-6-11)14-15(24-21-20-14)16(22)19-13-7-4-10(17)8-12(13)18/h2-8H,1H3,(H,19,22). The monoisotopic (exact) mass is 379 g/mol. The van der Waals surface area contributed by atoms with Crippen LogP contribution in [0.5, 0.6) is 5.75 Å². The van der Waals surface area contributed by atoms with E-state index in [4.69, 9.17) is 27.9 Å². The van der Waals surface area contributed by atoms with E-state index in [0.29, 0.717) is 26.3 Å². The average Bonchev–Trinajstić information content (AvgIpc) is 3.07. The van der Waals surface area contributed by atoms with Gasteiger partial charge >= 0.3 is 0 Å². The summed E-state index contributed by atoms with van der Waals surface area (Å²) in [6, 6.07) is 12.1. The van der Waals surface area contributed by atoms with Crippen LogP contribution in [0.1, 0.15) is 9.67 Å². The lowest BCUT2D eigenvalue weighted by atomic mass is 10.1. The van der Waals surface area contributed by atoms with Crippen molar-refractivity contribution in [1.82, 2.24) is 9.59 Å². The molecular weight excluding hydrogens is 369 g/mol. The molecule has 0 saturated carbocycles. The smallest absolute Gasteiger partial charge is 0.269 e. The fourth-order valence-electron chi connectivity index (χ4n) is 2.05. The first-order chi connectivity index (χ1) is 11.6. The minimum absolute atomic E-state index is 0.333. The lowest BCUT2D eigenvalue weighted by Crippen LogP contribution is -2.11. The highest BCUT2D eigenvalue weighted by molar-refractivity contribution is 7.08. The normalized spacial score (nSPS) is 10.5. The summed E-state index contributed by atoms with van der Waals surface area (Å²) in [6.45, 7) is 0. The highest BCUT2D eigenvalue weighted by Crippen LogP contribution is 2.29. The molecule has 5 nitrogen and oxygen atoms in total. The van der Waals surface area contributed by atoms with Gasteiger partial charge in [0, 0.05) is 10.6 Å². The van der Waals surface area contributed by atoms with E-state index in [1.807, 2.05) is 12.1 Å². The van der Waals surface area contributed by atoms with Gasteiger partial charge in [0.1, 0.15) is 16.3 Å². The molecule has 0 saturated heterocycles. The van der Waals surface area contributed by atoms with Gasteiger partial charge in [-0.25, -0.2) is 0 Å². The van der Waals surface area contributed by atoms with Gasteiger partial charge in [0.15, 0.2) is 0 Å². The summed E-state index contributed by atoms with van der Waals surface area (Å²) in [4.78, 5) is 12.9. The number of halogens is 2. The quantitative estimate of drug-likeness (QED) is 0.708. The fraction of sp³-hybridized carbons (Fsp3) is 0.0625. The van der Waals surface area contributed by atoms with Gasteiger partial charge in [0.25, 0.3) is 5.91 Å². The summed E-state index contributed by atoms with van der Waals surface area (Å²) in [5.74, 6) is 0.390. The summed E-state index contributed by atoms with van der Waals surface area (Å²) in [5, 5.41) is 7.66. The molecule has 0 atom stereocenters. The number of methoxy groups -OCH3 is 1. The van der Waals surface area contributed by atoms with Crippen LogP contribution in [0, 0.1) is 0 Å². The number of amides is 1. The number of carbonyl (C=O) groups excluding carboxylic acids is 1. The van der Waals surface area contributed by atoms with E-state index >= 15 is 0 Å². The Morgan fingerprint density at radius 2 is 1.92 bits per heavy atom. The molecule has 3 aromatic rings. The number of nitrogens with zero attached hydrogens (tertiary/aromatic N) is 2. The minimum Gasteiger partial charge on any atom is -0.497 e. The summed E-state index contributed by atoms with van der Waals surface area (Å²) in [5.41, 5.74) is 1.75. The number of carbonyl (C=O) groups is 1. The van der Waals surface area contributed by atoms with Crippen molar-refractivity contribution in [3.8, 4) is 17.0 Å². The zero-order chi connectivity index (χ0) is 17.1. The van der Waals surface area contributed by atoms with Gasteiger partial charge in [-0.3, -0.25) is 4.79 Å². The Labute approximate surface area is 152 Å². The van der Waals surface area contributed by atoms with Crippen LogP contribution < -0.4 is 10.1 Å². The van der Waals surface area contributed by atoms with Crippen LogP contribution in [-0.4, -0.2) is 22.6 Å². The zero-order valence-electron chi connectivity index (χ0n) is 12.4. The molecule has 8 heteroatoms. The van der Waals surface area contributed by atoms with Crippen LogP contribution in [0.4, 0.5) is 5.69 Å². The molecule has 0 aliphatic heterocycles. The maximum atomic E-state index is 12.5. The second-order valence-electron chi connectivity index (χ2n) is 4.76. The van der Waals surface area contributed by atoms with Crippen molar-refractivity contribution < 1.29 is 9.53 Å². The third-order valence-electron chi connectivity index (χ3n) is 3.24. The number of rotatable bonds is 4. The van der Waals surface area contributed by atoms with Gasteiger partial charge in [-0.15, -0.1) is 5.10 Å². The molecule has 1 N–H and O–H groups in total. The van der Waals surface area contributed by atoms with Gasteiger partial charge in [-0.05, 0) is 54.0 Å². The number of hydrogen-bond acceptors (Lipinski definition) is 5. The van der Waals surface area contributed by atoms with Crippen LogP contribution in [0.15, 0.2) is 42.5 Å². The molecule has 2 aromatic carbocycles. The molecule has 0 radical (unpaired) electrons. The van der Waals surface area contributed by atoms with Gasteiger partial charge in [-0.1, -0.05) is 27.7 Å². The van der Waals surface area contributed by atoms with E-state index < -0.39 is 0 Å². The molecular formula is C16H11Cl2N3O2S. The van der Waals surface area contributed by atoms with E-state index in [-0.39, 0.29) is 5.91 Å². The number of hydrogen-bond donors (Lipinski definition) is 1. The zero-order valence-corrected chi connectivity index (χ0v) is 14.7. The third kappa shape index (κ3) is 3.51. The van der Waals surface area contributed by atoms with Crippen LogP contribution in [0.25, 0.3) is 11.3 Å². The van der Waals surface area contributed by atoms with Gasteiger partial charge in [-0.2, -0.15) is 0 Å². The molecule has 1 aromatic heterocycles. The first kappa shape index (κ1) is 16.7. The number of ether oxygens (including phenoxy) is 1. The Hall–Kier alpha value is -2.15. The van der Waals surface area contributed by atoms with Crippen molar-refractivity contribution in [2.75, 3.05) is 12.4 Å². The van der Waals surface area contributed by atoms with E-state index in [9.17, 15) is 4.79 Å². The molecule has 0 aliphatic carbocycles. The summed E-state index contributed by atoms with van der Waals surface area (Å²) < 4.78 is 9.01. The molecule has 1 amide bonds. The van der Waals surface area contributed by atoms with E-state index in [0.717, 1.165) is 22.8 Å². The maximum Gasteiger partial charge on any atom is 0.269 e. The lowest BCUT2D eigenvalue weighted by molar-refractivity contribution is 0.103. The largest absolute Gasteiger partial charge is 0.497 e. The Morgan fingerprint density at radius 1 is 1.17 bits per heavy atom. The summed E-state index contributed by atoms with van der Waals surface area (Å²) >= 11 is 13.0. The Bertz CT molecular complexity index is 881. The summed E-state index contributed by atoms with van der Waals surface area (Å²) in [6.07, 6.45) is 0. The molecule has 3 rings (SSSR count). The predicted octanol–water partition coefficient (Wildman–Crippen LogP) is 4.77. The van der Waals surface area contributed by atoms with Crippen LogP contribution in [0.3, 0.4) is 0 Å². The van der Waals surface area contributed by atoms with E-state index in [1.165, 1.54) is 0 Å². The fourth-order valence-corrected chi connectivity index (χ4v) is 3.09. The maximum absolute atomic E-state index is 12.5. The second kappa shape index (κ2) is 7.17. The van der Waals surface area contributed by atoms with E-state index in [1.54, 1.807) is 37.4 Å². The first-order valence-corrected chi connectivity index (χ1v) is 8.34. The molecule has 0 unspecified atom stereocenters. The highest BCUT2D eigenvalue weighted by atomic mass is 35.5. The first-order valence-electron chi connectivity index (χ1n) is 6.81. The molecule has 0 fully saturated rings. The van der Waals surface area contributed by atoms with Crippen molar-refractivity contribution in [2.45, 2.75) is 0 Å². The van der Waals surface area contributed by atoms with Crippen LogP contribution in [-0.2, 0) is 0 Å². The van der Waals surface area contributed by atoms with Crippen molar-refractivity contribution in [1.29, 1.82) is 0 Å². The van der Waals surface area contributed by atoms with Crippen LogP contribution >= 0.6 is 34.7 Å². The third-order valence-corrected chi connectivity index (χ3v) is 4.51. The average molecular weight is 380 g/mol. The van der Waals surface area contributed by atoms with Gasteiger partial charge in [0.2, 0.25) is 0 Å². The van der Waals surface area contributed by atoms with E-state index in [2.05, 4.69) is 14.9 Å². The number of anilines is 1. The van der Waals surface area contributed by atoms with Crippen molar-refractivity contribution >= 4 is 46.3 Å². The summed E-state index contributed by atoms with van der Waals surface area (Å²) in [7, 11) is 1.59. The molecule has 122 valence electrons. The van der Waals surface area contributed by atoms with Crippen LogP contribution in [0.2, 0.25) is 10.0 Å². The Balaban J connectivity index is 1.87. The molecule has 0 aliphatic rings. The molecule has 1 heterocycles. The second-order valence-corrected chi connectivity index (χ2v) is 6.36. The van der Waals surface area contributed by atoms with Crippen molar-refractivity contribution in [3.05, 3.63) is 57.4 Å². The number of benzene rings is 2. The predicted molar refractivity (Wildman–Crippen MR) is 96.3 cm³/mol. The number of nitrogens with one attached hydrogen (secondary N) is 1.